The molecular formula is C11H12N2O2. The van der Waals surface area contributed by atoms with Gasteiger partial charge in [-0.3, -0.25) is 5.32 Å². The number of nitrogens with one attached hydrogen (secondary N) is 1. The van der Waals surface area contributed by atoms with Crippen LogP contribution in [0.5, 0.6) is 0 Å². The van der Waals surface area contributed by atoms with Crippen LogP contribution < -0.4 is 5.32 Å². The molecule has 1 atom stereocenters. The molecule has 0 aliphatic rings. The van der Waals surface area contributed by atoms with Crippen molar-refractivity contribution in [3.8, 4) is 6.07 Å². The van der Waals surface area contributed by atoms with Gasteiger partial charge in [0.15, 0.2) is 6.10 Å². The average Bonchev–Trinajstić information content (AvgIpc) is 2.27. The molecule has 1 rings (SSSR count). The van der Waals surface area contributed by atoms with Gasteiger partial charge in [-0.05, 0) is 18.6 Å². The molecule has 0 bridgehead atoms. The summed E-state index contributed by atoms with van der Waals surface area (Å²) in [5.74, 6) is 0. The van der Waals surface area contributed by atoms with Crippen LogP contribution in [0.4, 0.5) is 10.5 Å². The second-order valence-corrected chi connectivity index (χ2v) is 2.92. The van der Waals surface area contributed by atoms with Gasteiger partial charge in [0, 0.05) is 5.69 Å². The average molecular weight is 204 g/mol. The molecular weight excluding hydrogens is 192 g/mol. The Balaban J connectivity index is 2.47. The number of ether oxygens (including phenoxy) is 1. The van der Waals surface area contributed by atoms with Crippen molar-refractivity contribution in [3.05, 3.63) is 30.3 Å². The zero-order chi connectivity index (χ0) is 11.1. The van der Waals surface area contributed by atoms with Gasteiger partial charge in [-0.25, -0.2) is 4.79 Å². The molecule has 1 unspecified atom stereocenters. The summed E-state index contributed by atoms with van der Waals surface area (Å²) in [6.07, 6.45) is -0.804. The fourth-order valence-electron chi connectivity index (χ4n) is 0.999. The van der Waals surface area contributed by atoms with E-state index in [9.17, 15) is 4.79 Å². The van der Waals surface area contributed by atoms with Gasteiger partial charge in [-0.15, -0.1) is 0 Å². The molecule has 0 spiro atoms. The molecule has 1 N–H and O–H groups in total. The maximum Gasteiger partial charge on any atom is 0.412 e. The lowest BCUT2D eigenvalue weighted by atomic mass is 10.3. The molecule has 0 saturated heterocycles. The standard InChI is InChI=1S/C11H12N2O2/c1-2-10(8-12)15-11(14)13-9-6-4-3-5-7-9/h3-7,10H,2H2,1H3,(H,13,14). The lowest BCUT2D eigenvalue weighted by Crippen LogP contribution is -2.20. The van der Waals surface area contributed by atoms with E-state index >= 15 is 0 Å². The van der Waals surface area contributed by atoms with E-state index in [1.54, 1.807) is 31.2 Å². The molecule has 1 aromatic carbocycles. The van der Waals surface area contributed by atoms with Crippen molar-refractivity contribution >= 4 is 11.8 Å². The number of carbonyl (C=O) groups is 1. The van der Waals surface area contributed by atoms with Gasteiger partial charge in [0.1, 0.15) is 6.07 Å². The Bertz CT molecular complexity index is 357. The summed E-state index contributed by atoms with van der Waals surface area (Å²) in [6.45, 7) is 1.78. The molecule has 0 saturated carbocycles. The smallest absolute Gasteiger partial charge is 0.412 e. The molecule has 0 heterocycles. The zero-order valence-electron chi connectivity index (χ0n) is 8.43. The molecule has 15 heavy (non-hydrogen) atoms. The fraction of sp³-hybridized carbons (Fsp3) is 0.273. The largest absolute Gasteiger partial charge is 0.431 e. The Hall–Kier alpha value is -2.02. The van der Waals surface area contributed by atoms with Gasteiger partial charge in [-0.1, -0.05) is 25.1 Å². The molecule has 1 aromatic rings. The highest BCUT2D eigenvalue weighted by Gasteiger charge is 2.10. The first kappa shape index (κ1) is 11.1. The van der Waals surface area contributed by atoms with Crippen molar-refractivity contribution in [1.82, 2.24) is 0 Å². The van der Waals surface area contributed by atoms with E-state index in [1.165, 1.54) is 0 Å². The van der Waals surface area contributed by atoms with Crippen LogP contribution in [0.25, 0.3) is 0 Å². The highest BCUT2D eigenvalue weighted by atomic mass is 16.6. The van der Waals surface area contributed by atoms with Gasteiger partial charge in [0.05, 0.1) is 0 Å². The van der Waals surface area contributed by atoms with Gasteiger partial charge in [0.25, 0.3) is 0 Å². The van der Waals surface area contributed by atoms with E-state index in [1.807, 2.05) is 12.1 Å². The minimum Gasteiger partial charge on any atom is -0.431 e. The van der Waals surface area contributed by atoms with Crippen LogP contribution in [0.1, 0.15) is 13.3 Å². The van der Waals surface area contributed by atoms with E-state index in [2.05, 4.69) is 5.32 Å². The molecule has 78 valence electrons. The Morgan fingerprint density at radius 3 is 2.73 bits per heavy atom. The molecule has 1 amide bonds. The van der Waals surface area contributed by atoms with Gasteiger partial charge in [0.2, 0.25) is 0 Å². The van der Waals surface area contributed by atoms with Crippen molar-refractivity contribution in [3.63, 3.8) is 0 Å². The Kier molecular flexibility index (Phi) is 4.17. The second-order valence-electron chi connectivity index (χ2n) is 2.92. The number of para-hydroxylation sites is 1. The summed E-state index contributed by atoms with van der Waals surface area (Å²) in [4.78, 5) is 11.3. The van der Waals surface area contributed by atoms with Crippen LogP contribution in [0.3, 0.4) is 0 Å². The maximum absolute atomic E-state index is 11.3. The Morgan fingerprint density at radius 1 is 1.53 bits per heavy atom. The minimum absolute atomic E-state index is 0.485. The number of nitrogens with zero attached hydrogens (tertiary/aromatic N) is 1. The second kappa shape index (κ2) is 5.66. The van der Waals surface area contributed by atoms with Gasteiger partial charge in [-0.2, -0.15) is 5.26 Å². The van der Waals surface area contributed by atoms with Crippen LogP contribution in [0, 0.1) is 11.3 Å². The van der Waals surface area contributed by atoms with Crippen molar-refractivity contribution in [1.29, 1.82) is 5.26 Å². The molecule has 0 aliphatic carbocycles. The van der Waals surface area contributed by atoms with Crippen LogP contribution in [-0.2, 0) is 4.74 Å². The quantitative estimate of drug-likeness (QED) is 0.822. The number of amides is 1. The fourth-order valence-corrected chi connectivity index (χ4v) is 0.999. The summed E-state index contributed by atoms with van der Waals surface area (Å²) < 4.78 is 4.84. The summed E-state index contributed by atoms with van der Waals surface area (Å²) in [5.41, 5.74) is 0.648. The van der Waals surface area contributed by atoms with E-state index in [0.717, 1.165) is 0 Å². The number of rotatable bonds is 3. The number of hydrogen-bond acceptors (Lipinski definition) is 3. The summed E-state index contributed by atoms with van der Waals surface area (Å²) >= 11 is 0. The van der Waals surface area contributed by atoms with Crippen molar-refractivity contribution in [2.45, 2.75) is 19.4 Å². The highest BCUT2D eigenvalue weighted by molar-refractivity contribution is 5.84. The van der Waals surface area contributed by atoms with Crippen molar-refractivity contribution in [2.75, 3.05) is 5.32 Å². The number of benzene rings is 1. The molecule has 0 fully saturated rings. The van der Waals surface area contributed by atoms with Crippen LogP contribution in [-0.4, -0.2) is 12.2 Å². The predicted molar refractivity (Wildman–Crippen MR) is 56.2 cm³/mol. The van der Waals surface area contributed by atoms with E-state index in [-0.39, 0.29) is 0 Å². The van der Waals surface area contributed by atoms with Gasteiger partial charge < -0.3 is 4.74 Å². The van der Waals surface area contributed by atoms with Crippen molar-refractivity contribution < 1.29 is 9.53 Å². The summed E-state index contributed by atoms with van der Waals surface area (Å²) in [7, 11) is 0. The molecule has 0 radical (unpaired) electrons. The Labute approximate surface area is 88.5 Å². The van der Waals surface area contributed by atoms with Crippen LogP contribution in [0.2, 0.25) is 0 Å². The number of carbonyl (C=O) groups excluding carboxylic acids is 1. The van der Waals surface area contributed by atoms with E-state index < -0.39 is 12.2 Å². The van der Waals surface area contributed by atoms with E-state index in [0.29, 0.717) is 12.1 Å². The third-order valence-electron chi connectivity index (χ3n) is 1.78. The molecule has 4 nitrogen and oxygen atoms in total. The first-order valence-corrected chi connectivity index (χ1v) is 4.68. The first-order chi connectivity index (χ1) is 7.26. The monoisotopic (exact) mass is 204 g/mol. The predicted octanol–water partition coefficient (Wildman–Crippen LogP) is 2.54. The number of nitriles is 1. The summed E-state index contributed by atoms with van der Waals surface area (Å²) in [6, 6.07) is 10.8. The lowest BCUT2D eigenvalue weighted by Gasteiger charge is -2.09. The first-order valence-electron chi connectivity index (χ1n) is 4.68. The molecule has 0 aromatic heterocycles. The van der Waals surface area contributed by atoms with Crippen molar-refractivity contribution in [2.24, 2.45) is 0 Å². The Morgan fingerprint density at radius 2 is 2.20 bits per heavy atom. The lowest BCUT2D eigenvalue weighted by molar-refractivity contribution is 0.135. The number of hydrogen-bond donors (Lipinski definition) is 1. The third-order valence-corrected chi connectivity index (χ3v) is 1.78. The summed E-state index contributed by atoms with van der Waals surface area (Å²) in [5, 5.41) is 11.1. The SMILES string of the molecule is CCC(C#N)OC(=O)Nc1ccccc1. The number of anilines is 1. The normalized spacial score (nSPS) is 11.2. The topological polar surface area (TPSA) is 62.1 Å². The van der Waals surface area contributed by atoms with E-state index in [4.69, 9.17) is 10.00 Å². The van der Waals surface area contributed by atoms with Crippen LogP contribution >= 0.6 is 0 Å². The zero-order valence-corrected chi connectivity index (χ0v) is 8.43. The van der Waals surface area contributed by atoms with Crippen LogP contribution in [0.15, 0.2) is 30.3 Å². The third kappa shape index (κ3) is 3.69. The van der Waals surface area contributed by atoms with Gasteiger partial charge >= 0.3 is 6.09 Å². The molecule has 0 aliphatic heterocycles. The highest BCUT2D eigenvalue weighted by Crippen LogP contribution is 2.06. The minimum atomic E-state index is -0.686. The maximum atomic E-state index is 11.3. The molecule has 4 heteroatoms.